The zero-order chi connectivity index (χ0) is 34.9. The third kappa shape index (κ3) is 3.79. The van der Waals surface area contributed by atoms with E-state index in [1.54, 1.807) is 0 Å². The molecule has 0 spiro atoms. The Morgan fingerprint density at radius 3 is 1.92 bits per heavy atom. The SMILES string of the molecule is CC1(C)c2cc3c(cc2-c2c1cc(N(c1ccccc1)c1cccc4c1oc1ccccc14)c1ccccc21)C(C)(C)c1c-3ccc2ccccc12. The molecule has 9 aromatic rings. The molecule has 2 nitrogen and oxygen atoms in total. The van der Waals surface area contributed by atoms with Crippen molar-refractivity contribution in [1.82, 2.24) is 0 Å². The quantitative estimate of drug-likeness (QED) is 0.186. The van der Waals surface area contributed by atoms with Crippen LogP contribution in [0.1, 0.15) is 49.9 Å². The Hall–Kier alpha value is -6.12. The van der Waals surface area contributed by atoms with E-state index >= 15 is 0 Å². The van der Waals surface area contributed by atoms with Crippen molar-refractivity contribution in [2.45, 2.75) is 38.5 Å². The van der Waals surface area contributed by atoms with Crippen molar-refractivity contribution in [3.8, 4) is 22.3 Å². The number of anilines is 3. The summed E-state index contributed by atoms with van der Waals surface area (Å²) in [5.74, 6) is 0. The summed E-state index contributed by atoms with van der Waals surface area (Å²) in [6.07, 6.45) is 0. The Morgan fingerprint density at radius 2 is 1.10 bits per heavy atom. The second kappa shape index (κ2) is 10.2. The number of hydrogen-bond acceptors (Lipinski definition) is 2. The van der Waals surface area contributed by atoms with Gasteiger partial charge in [-0.15, -0.1) is 0 Å². The van der Waals surface area contributed by atoms with Gasteiger partial charge in [0.05, 0.1) is 11.4 Å². The molecule has 11 rings (SSSR count). The minimum atomic E-state index is -0.226. The Labute approximate surface area is 303 Å². The molecule has 0 saturated carbocycles. The van der Waals surface area contributed by atoms with Gasteiger partial charge < -0.3 is 9.32 Å². The molecule has 0 fully saturated rings. The summed E-state index contributed by atoms with van der Waals surface area (Å²) in [6, 6.07) is 55.7. The zero-order valence-corrected chi connectivity index (χ0v) is 29.8. The van der Waals surface area contributed by atoms with Gasteiger partial charge in [0.1, 0.15) is 5.58 Å². The minimum absolute atomic E-state index is 0.126. The van der Waals surface area contributed by atoms with E-state index < -0.39 is 0 Å². The fourth-order valence-electron chi connectivity index (χ4n) is 9.73. The smallest absolute Gasteiger partial charge is 0.159 e. The van der Waals surface area contributed by atoms with Crippen molar-refractivity contribution in [2.75, 3.05) is 4.90 Å². The molecule has 8 aromatic carbocycles. The first-order valence-electron chi connectivity index (χ1n) is 18.4. The fraction of sp³-hybridized carbons (Fsp3) is 0.120. The molecule has 0 aliphatic heterocycles. The van der Waals surface area contributed by atoms with Crippen LogP contribution in [0.15, 0.2) is 156 Å². The summed E-state index contributed by atoms with van der Waals surface area (Å²) < 4.78 is 6.68. The summed E-state index contributed by atoms with van der Waals surface area (Å²) >= 11 is 0. The van der Waals surface area contributed by atoms with Crippen LogP contribution in [0.4, 0.5) is 17.1 Å². The number of para-hydroxylation sites is 3. The van der Waals surface area contributed by atoms with E-state index in [9.17, 15) is 0 Å². The summed E-state index contributed by atoms with van der Waals surface area (Å²) in [6.45, 7) is 9.65. The van der Waals surface area contributed by atoms with Crippen LogP contribution in [0.3, 0.4) is 0 Å². The Morgan fingerprint density at radius 1 is 0.442 bits per heavy atom. The average Bonchev–Trinajstić information content (AvgIpc) is 3.75. The molecular formula is C50H37NO. The highest BCUT2D eigenvalue weighted by molar-refractivity contribution is 6.14. The number of benzene rings is 8. The van der Waals surface area contributed by atoms with Crippen LogP contribution in [-0.2, 0) is 10.8 Å². The third-order valence-electron chi connectivity index (χ3n) is 12.2. The molecule has 1 aromatic heterocycles. The lowest BCUT2D eigenvalue weighted by Gasteiger charge is -2.29. The topological polar surface area (TPSA) is 16.4 Å². The molecule has 0 atom stereocenters. The first-order valence-corrected chi connectivity index (χ1v) is 18.4. The molecule has 248 valence electrons. The number of nitrogens with zero attached hydrogens (tertiary/aromatic N) is 1. The van der Waals surface area contributed by atoms with Crippen LogP contribution in [-0.4, -0.2) is 0 Å². The van der Waals surface area contributed by atoms with Crippen LogP contribution >= 0.6 is 0 Å². The molecule has 0 saturated heterocycles. The Balaban J connectivity index is 1.19. The van der Waals surface area contributed by atoms with E-state index in [0.717, 1.165) is 39.0 Å². The Kier molecular flexibility index (Phi) is 5.83. The summed E-state index contributed by atoms with van der Waals surface area (Å²) in [5.41, 5.74) is 15.8. The van der Waals surface area contributed by atoms with Gasteiger partial charge in [0, 0.05) is 32.7 Å². The van der Waals surface area contributed by atoms with Gasteiger partial charge in [-0.1, -0.05) is 137 Å². The summed E-state index contributed by atoms with van der Waals surface area (Å²) in [4.78, 5) is 2.41. The van der Waals surface area contributed by atoms with Gasteiger partial charge >= 0.3 is 0 Å². The monoisotopic (exact) mass is 667 g/mol. The van der Waals surface area contributed by atoms with Gasteiger partial charge in [-0.2, -0.15) is 0 Å². The van der Waals surface area contributed by atoms with E-state index in [1.807, 2.05) is 6.07 Å². The van der Waals surface area contributed by atoms with Gasteiger partial charge in [-0.3, -0.25) is 0 Å². The molecule has 1 heterocycles. The van der Waals surface area contributed by atoms with Crippen LogP contribution < -0.4 is 4.90 Å². The first-order chi connectivity index (χ1) is 25.3. The molecular weight excluding hydrogens is 631 g/mol. The van der Waals surface area contributed by atoms with Gasteiger partial charge in [0.15, 0.2) is 5.58 Å². The molecule has 0 amide bonds. The lowest BCUT2D eigenvalue weighted by atomic mass is 9.78. The maximum atomic E-state index is 6.68. The van der Waals surface area contributed by atoms with Crippen LogP contribution in [0.2, 0.25) is 0 Å². The third-order valence-corrected chi connectivity index (χ3v) is 12.2. The molecule has 0 bridgehead atoms. The largest absolute Gasteiger partial charge is 0.454 e. The maximum Gasteiger partial charge on any atom is 0.159 e. The maximum absolute atomic E-state index is 6.68. The van der Waals surface area contributed by atoms with Gasteiger partial charge in [0.25, 0.3) is 0 Å². The Bertz CT molecular complexity index is 2960. The van der Waals surface area contributed by atoms with Crippen LogP contribution in [0.25, 0.3) is 65.7 Å². The number of rotatable bonds is 3. The van der Waals surface area contributed by atoms with Gasteiger partial charge in [0.2, 0.25) is 0 Å². The fourth-order valence-corrected chi connectivity index (χ4v) is 9.73. The van der Waals surface area contributed by atoms with Crippen molar-refractivity contribution < 1.29 is 4.42 Å². The second-order valence-electron chi connectivity index (χ2n) is 15.7. The van der Waals surface area contributed by atoms with Gasteiger partial charge in [-0.05, 0) is 103 Å². The number of fused-ring (bicyclic) bond motifs is 13. The first kappa shape index (κ1) is 29.6. The molecule has 2 aliphatic carbocycles. The summed E-state index contributed by atoms with van der Waals surface area (Å²) in [5, 5.41) is 7.41. The minimum Gasteiger partial charge on any atom is -0.454 e. The van der Waals surface area contributed by atoms with Gasteiger partial charge in [-0.25, -0.2) is 0 Å². The van der Waals surface area contributed by atoms with E-state index in [4.69, 9.17) is 4.42 Å². The van der Waals surface area contributed by atoms with Crippen LogP contribution in [0, 0.1) is 0 Å². The predicted octanol–water partition coefficient (Wildman–Crippen LogP) is 14.0. The molecule has 0 unspecified atom stereocenters. The normalized spacial score (nSPS) is 14.8. The standard InChI is InChI=1S/C50H37NO/c1-49(2)41-27-38-36-26-25-30-15-8-9-18-32(30)47(36)50(3,4)40(38)28-39(41)46-35-21-11-10-19-33(35)44(29-42(46)49)51(31-16-6-5-7-17-31)43-23-14-22-37-34-20-12-13-24-45(34)52-48(37)43/h5-29H,1-4H3. The zero-order valence-electron chi connectivity index (χ0n) is 29.8. The van der Waals surface area contributed by atoms with Crippen molar-refractivity contribution >= 4 is 60.5 Å². The molecule has 2 aliphatic rings. The predicted molar refractivity (Wildman–Crippen MR) is 219 cm³/mol. The number of furan rings is 1. The van der Waals surface area contributed by atoms with E-state index in [0.29, 0.717) is 0 Å². The number of hydrogen-bond donors (Lipinski definition) is 0. The highest BCUT2D eigenvalue weighted by Gasteiger charge is 2.43. The molecule has 0 radical (unpaired) electrons. The van der Waals surface area contributed by atoms with E-state index in [2.05, 4.69) is 178 Å². The van der Waals surface area contributed by atoms with Crippen molar-refractivity contribution in [2.24, 2.45) is 0 Å². The molecule has 0 N–H and O–H groups in total. The highest BCUT2D eigenvalue weighted by atomic mass is 16.3. The van der Waals surface area contributed by atoms with Crippen molar-refractivity contribution in [3.05, 3.63) is 174 Å². The van der Waals surface area contributed by atoms with Crippen molar-refractivity contribution in [3.63, 3.8) is 0 Å². The lowest BCUT2D eigenvalue weighted by molar-refractivity contribution is 0.654. The van der Waals surface area contributed by atoms with E-state index in [1.165, 1.54) is 66.1 Å². The van der Waals surface area contributed by atoms with E-state index in [-0.39, 0.29) is 10.8 Å². The van der Waals surface area contributed by atoms with Crippen molar-refractivity contribution in [1.29, 1.82) is 0 Å². The van der Waals surface area contributed by atoms with Crippen LogP contribution in [0.5, 0.6) is 0 Å². The average molecular weight is 668 g/mol. The second-order valence-corrected chi connectivity index (χ2v) is 15.7. The lowest BCUT2D eigenvalue weighted by Crippen LogP contribution is -2.18. The molecule has 52 heavy (non-hydrogen) atoms. The molecule has 2 heteroatoms. The highest BCUT2D eigenvalue weighted by Crippen LogP contribution is 2.59. The summed E-state index contributed by atoms with van der Waals surface area (Å²) in [7, 11) is 0.